The number of hydrogen-bond donors (Lipinski definition) is 1. The predicted molar refractivity (Wildman–Crippen MR) is 70.8 cm³/mol. The van der Waals surface area contributed by atoms with Crippen molar-refractivity contribution >= 4 is 11.6 Å². The third-order valence-corrected chi connectivity index (χ3v) is 2.92. The molecule has 0 aliphatic carbocycles. The van der Waals surface area contributed by atoms with Crippen molar-refractivity contribution in [3.05, 3.63) is 65.2 Å². The largest absolute Gasteiger partial charge is 0.416 e. The van der Waals surface area contributed by atoms with Gasteiger partial charge in [0.05, 0.1) is 11.1 Å². The van der Waals surface area contributed by atoms with Gasteiger partial charge in [0, 0.05) is 11.3 Å². The van der Waals surface area contributed by atoms with Crippen LogP contribution in [-0.2, 0) is 12.4 Å². The SMILES string of the molecule is O=C(Nc1cccc(C(F)(F)F)c1)c1ccc(C(F)(F)F)cc1. The summed E-state index contributed by atoms with van der Waals surface area (Å²) in [5.41, 5.74) is -2.07. The summed E-state index contributed by atoms with van der Waals surface area (Å²) >= 11 is 0. The first-order valence-electron chi connectivity index (χ1n) is 6.23. The molecule has 23 heavy (non-hydrogen) atoms. The first-order chi connectivity index (χ1) is 10.6. The highest BCUT2D eigenvalue weighted by Crippen LogP contribution is 2.31. The fraction of sp³-hybridized carbons (Fsp3) is 0.133. The summed E-state index contributed by atoms with van der Waals surface area (Å²) < 4.78 is 74.9. The summed E-state index contributed by atoms with van der Waals surface area (Å²) in [6, 6.07) is 7.29. The molecule has 2 rings (SSSR count). The Morgan fingerprint density at radius 2 is 1.35 bits per heavy atom. The normalized spacial score (nSPS) is 12.1. The van der Waals surface area contributed by atoms with Crippen molar-refractivity contribution in [1.29, 1.82) is 0 Å². The Morgan fingerprint density at radius 3 is 1.87 bits per heavy atom. The molecule has 0 unspecified atom stereocenters. The predicted octanol–water partition coefficient (Wildman–Crippen LogP) is 4.98. The van der Waals surface area contributed by atoms with Gasteiger partial charge in [0.2, 0.25) is 0 Å². The second-order valence-corrected chi connectivity index (χ2v) is 4.61. The first kappa shape index (κ1) is 16.9. The molecule has 0 aromatic heterocycles. The lowest BCUT2D eigenvalue weighted by Gasteiger charge is -2.10. The Morgan fingerprint density at radius 1 is 0.783 bits per heavy atom. The zero-order valence-corrected chi connectivity index (χ0v) is 11.3. The molecule has 2 aromatic rings. The Balaban J connectivity index is 2.16. The van der Waals surface area contributed by atoms with Gasteiger partial charge in [-0.3, -0.25) is 4.79 Å². The summed E-state index contributed by atoms with van der Waals surface area (Å²) in [5, 5.41) is 2.21. The molecule has 0 aliphatic rings. The molecule has 0 saturated heterocycles. The highest BCUT2D eigenvalue weighted by Gasteiger charge is 2.31. The zero-order chi connectivity index (χ0) is 17.3. The van der Waals surface area contributed by atoms with Crippen molar-refractivity contribution in [3.8, 4) is 0 Å². The van der Waals surface area contributed by atoms with E-state index in [1.165, 1.54) is 6.07 Å². The third-order valence-electron chi connectivity index (χ3n) is 2.92. The lowest BCUT2D eigenvalue weighted by Crippen LogP contribution is -2.14. The Hall–Kier alpha value is -2.51. The average molecular weight is 333 g/mol. The molecule has 0 aliphatic heterocycles. The van der Waals surface area contributed by atoms with E-state index in [0.717, 1.165) is 42.5 Å². The molecular weight excluding hydrogens is 324 g/mol. The molecule has 1 N–H and O–H groups in total. The molecule has 122 valence electrons. The van der Waals surface area contributed by atoms with Crippen LogP contribution in [0, 0.1) is 0 Å². The average Bonchev–Trinajstić information content (AvgIpc) is 2.46. The van der Waals surface area contributed by atoms with Crippen LogP contribution in [0.2, 0.25) is 0 Å². The van der Waals surface area contributed by atoms with Crippen LogP contribution in [0.5, 0.6) is 0 Å². The van der Waals surface area contributed by atoms with Gasteiger partial charge in [-0.25, -0.2) is 0 Å². The second-order valence-electron chi connectivity index (χ2n) is 4.61. The van der Waals surface area contributed by atoms with Crippen LogP contribution < -0.4 is 5.32 Å². The van der Waals surface area contributed by atoms with Crippen LogP contribution in [0.3, 0.4) is 0 Å². The molecule has 0 saturated carbocycles. The highest BCUT2D eigenvalue weighted by molar-refractivity contribution is 6.04. The molecule has 2 aromatic carbocycles. The van der Waals surface area contributed by atoms with E-state index in [1.807, 2.05) is 0 Å². The minimum atomic E-state index is -4.56. The number of amides is 1. The quantitative estimate of drug-likeness (QED) is 0.772. The minimum Gasteiger partial charge on any atom is -0.322 e. The van der Waals surface area contributed by atoms with E-state index in [0.29, 0.717) is 0 Å². The molecule has 0 fully saturated rings. The molecule has 0 radical (unpaired) electrons. The third kappa shape index (κ3) is 4.24. The molecule has 0 heterocycles. The van der Waals surface area contributed by atoms with Crippen molar-refractivity contribution in [2.75, 3.05) is 5.32 Å². The summed E-state index contributed by atoms with van der Waals surface area (Å²) in [6.07, 6.45) is -9.09. The van der Waals surface area contributed by atoms with Crippen LogP contribution in [0.4, 0.5) is 32.0 Å². The first-order valence-corrected chi connectivity index (χ1v) is 6.23. The van der Waals surface area contributed by atoms with Crippen molar-refractivity contribution in [3.63, 3.8) is 0 Å². The number of alkyl halides is 6. The van der Waals surface area contributed by atoms with Crippen molar-refractivity contribution in [2.45, 2.75) is 12.4 Å². The van der Waals surface area contributed by atoms with Gasteiger partial charge in [-0.2, -0.15) is 26.3 Å². The van der Waals surface area contributed by atoms with Gasteiger partial charge >= 0.3 is 12.4 Å². The maximum atomic E-state index is 12.6. The number of hydrogen-bond acceptors (Lipinski definition) is 1. The van der Waals surface area contributed by atoms with Crippen LogP contribution in [-0.4, -0.2) is 5.91 Å². The highest BCUT2D eigenvalue weighted by atomic mass is 19.4. The van der Waals surface area contributed by atoms with Crippen molar-refractivity contribution in [2.24, 2.45) is 0 Å². The topological polar surface area (TPSA) is 29.1 Å². The van der Waals surface area contributed by atoms with Gasteiger partial charge in [-0.05, 0) is 42.5 Å². The van der Waals surface area contributed by atoms with Crippen molar-refractivity contribution < 1.29 is 31.1 Å². The maximum absolute atomic E-state index is 12.6. The number of nitrogens with one attached hydrogen (secondary N) is 1. The number of anilines is 1. The molecular formula is C15H9F6NO. The van der Waals surface area contributed by atoms with Crippen LogP contribution in [0.15, 0.2) is 48.5 Å². The van der Waals surface area contributed by atoms with Gasteiger partial charge in [0.1, 0.15) is 0 Å². The monoisotopic (exact) mass is 333 g/mol. The van der Waals surface area contributed by atoms with Gasteiger partial charge in [0.15, 0.2) is 0 Å². The van der Waals surface area contributed by atoms with Crippen LogP contribution in [0.1, 0.15) is 21.5 Å². The standard InChI is InChI=1S/C15H9F6NO/c16-14(17,18)10-6-4-9(5-7-10)13(23)22-12-3-1-2-11(8-12)15(19,20)21/h1-8H,(H,22,23). The van der Waals surface area contributed by atoms with E-state index >= 15 is 0 Å². The van der Waals surface area contributed by atoms with Crippen LogP contribution >= 0.6 is 0 Å². The van der Waals surface area contributed by atoms with Gasteiger partial charge in [-0.15, -0.1) is 0 Å². The molecule has 2 nitrogen and oxygen atoms in total. The second kappa shape index (κ2) is 5.94. The number of carbonyl (C=O) groups excluding carboxylic acids is 1. The van der Waals surface area contributed by atoms with Crippen molar-refractivity contribution in [1.82, 2.24) is 0 Å². The fourth-order valence-electron chi connectivity index (χ4n) is 1.79. The number of carbonyl (C=O) groups is 1. The van der Waals surface area contributed by atoms with E-state index in [4.69, 9.17) is 0 Å². The summed E-state index contributed by atoms with van der Waals surface area (Å²) in [7, 11) is 0. The fourth-order valence-corrected chi connectivity index (χ4v) is 1.79. The van der Waals surface area contributed by atoms with E-state index in [9.17, 15) is 31.1 Å². The number of benzene rings is 2. The summed E-state index contributed by atoms with van der Waals surface area (Å²) in [6.45, 7) is 0. The Bertz CT molecular complexity index is 703. The lowest BCUT2D eigenvalue weighted by molar-refractivity contribution is -0.138. The van der Waals surface area contributed by atoms with E-state index in [-0.39, 0.29) is 11.3 Å². The minimum absolute atomic E-state index is 0.101. The Labute approximate surface area is 126 Å². The summed E-state index contributed by atoms with van der Waals surface area (Å²) in [5.74, 6) is -0.807. The van der Waals surface area contributed by atoms with Gasteiger partial charge < -0.3 is 5.32 Å². The molecule has 0 bridgehead atoms. The summed E-state index contributed by atoms with van der Waals surface area (Å²) in [4.78, 5) is 11.9. The van der Waals surface area contributed by atoms with Gasteiger partial charge in [-0.1, -0.05) is 6.07 Å². The van der Waals surface area contributed by atoms with Crippen LogP contribution in [0.25, 0.3) is 0 Å². The smallest absolute Gasteiger partial charge is 0.322 e. The zero-order valence-electron chi connectivity index (χ0n) is 11.3. The van der Waals surface area contributed by atoms with Gasteiger partial charge in [0.25, 0.3) is 5.91 Å². The number of halogens is 6. The molecule has 8 heteroatoms. The molecule has 0 spiro atoms. The van der Waals surface area contributed by atoms with E-state index < -0.39 is 29.4 Å². The van der Waals surface area contributed by atoms with E-state index in [1.54, 1.807) is 0 Å². The van der Waals surface area contributed by atoms with E-state index in [2.05, 4.69) is 5.32 Å². The maximum Gasteiger partial charge on any atom is 0.416 e. The molecule has 1 amide bonds. The lowest BCUT2D eigenvalue weighted by atomic mass is 10.1. The number of rotatable bonds is 2. The molecule has 0 atom stereocenters. The Kier molecular flexibility index (Phi) is 4.35.